The molecule has 10 heteroatoms. The molecule has 29 heavy (non-hydrogen) atoms. The number of nitrogens with zero attached hydrogens (tertiary/aromatic N) is 4. The number of hydrogen-bond donors (Lipinski definition) is 0. The summed E-state index contributed by atoms with van der Waals surface area (Å²) >= 11 is 0. The predicted octanol–water partition coefficient (Wildman–Crippen LogP) is 3.01. The molecule has 2 heterocycles. The molecule has 3 aromatic rings. The van der Waals surface area contributed by atoms with Crippen molar-refractivity contribution in [3.63, 3.8) is 0 Å². The molecule has 0 saturated heterocycles. The maximum Gasteiger partial charge on any atom is 0.573 e. The third-order valence-corrected chi connectivity index (χ3v) is 4.43. The molecular formula is C19H19F3N4O3. The highest BCUT2D eigenvalue weighted by Gasteiger charge is 2.31. The van der Waals surface area contributed by atoms with Gasteiger partial charge in [-0.2, -0.15) is 0 Å². The standard InChI is InChI=1S/C19H19F3N4O3/c1-4-25-16-15(17(27)26(5-2)18(25)28)24(3)14(23-16)10-9-12-7-6-8-13(11-12)29-19(20,21)22/h6-11H,4-5H2,1-3H3/b10-9+. The van der Waals surface area contributed by atoms with Crippen molar-refractivity contribution in [2.24, 2.45) is 7.05 Å². The van der Waals surface area contributed by atoms with Crippen LogP contribution in [0.3, 0.4) is 0 Å². The highest BCUT2D eigenvalue weighted by Crippen LogP contribution is 2.24. The third-order valence-electron chi connectivity index (χ3n) is 4.43. The van der Waals surface area contributed by atoms with Gasteiger partial charge in [0, 0.05) is 20.1 Å². The van der Waals surface area contributed by atoms with Crippen LogP contribution in [0, 0.1) is 0 Å². The summed E-state index contributed by atoms with van der Waals surface area (Å²) in [5.74, 6) is 0.0463. The van der Waals surface area contributed by atoms with Crippen LogP contribution in [0.1, 0.15) is 25.2 Å². The van der Waals surface area contributed by atoms with Crippen LogP contribution in [-0.2, 0) is 20.1 Å². The smallest absolute Gasteiger partial charge is 0.406 e. The lowest BCUT2D eigenvalue weighted by atomic mass is 10.2. The minimum Gasteiger partial charge on any atom is -0.406 e. The second kappa shape index (κ2) is 7.61. The summed E-state index contributed by atoms with van der Waals surface area (Å²) in [5.41, 5.74) is 0.133. The number of benzene rings is 1. The zero-order valence-electron chi connectivity index (χ0n) is 16.0. The number of alkyl halides is 3. The first kappa shape index (κ1) is 20.4. The Morgan fingerprint density at radius 2 is 1.79 bits per heavy atom. The van der Waals surface area contributed by atoms with Crippen molar-refractivity contribution in [3.05, 3.63) is 56.5 Å². The highest BCUT2D eigenvalue weighted by atomic mass is 19.4. The van der Waals surface area contributed by atoms with E-state index in [4.69, 9.17) is 0 Å². The molecule has 0 N–H and O–H groups in total. The molecule has 3 rings (SSSR count). The number of halogens is 3. The average Bonchev–Trinajstić information content (AvgIpc) is 2.96. The van der Waals surface area contributed by atoms with Crippen LogP contribution in [0.5, 0.6) is 5.75 Å². The SMILES string of the molecule is CCn1c(=O)c2c(nc(/C=C/c3cccc(OC(F)(F)F)c3)n2C)n(CC)c1=O. The van der Waals surface area contributed by atoms with Gasteiger partial charge >= 0.3 is 12.1 Å². The van der Waals surface area contributed by atoms with Crippen molar-refractivity contribution >= 4 is 23.3 Å². The Kier molecular flexibility index (Phi) is 5.36. The Bertz CT molecular complexity index is 1200. The minimum atomic E-state index is -4.78. The fraction of sp³-hybridized carbons (Fsp3) is 0.316. The van der Waals surface area contributed by atoms with Crippen molar-refractivity contribution in [3.8, 4) is 5.75 Å². The number of ether oxygens (including phenoxy) is 1. The summed E-state index contributed by atoms with van der Waals surface area (Å²) in [7, 11) is 1.64. The van der Waals surface area contributed by atoms with E-state index in [9.17, 15) is 22.8 Å². The number of imidazole rings is 1. The summed E-state index contributed by atoms with van der Waals surface area (Å²) in [6.07, 6.45) is -1.66. The van der Waals surface area contributed by atoms with Gasteiger partial charge in [0.05, 0.1) is 0 Å². The number of rotatable bonds is 5. The Labute approximate surface area is 163 Å². The van der Waals surface area contributed by atoms with Crippen molar-refractivity contribution in [2.45, 2.75) is 33.3 Å². The van der Waals surface area contributed by atoms with E-state index < -0.39 is 17.6 Å². The molecule has 0 spiro atoms. The van der Waals surface area contributed by atoms with E-state index in [2.05, 4.69) is 9.72 Å². The molecular weight excluding hydrogens is 389 g/mol. The Morgan fingerprint density at radius 1 is 1.10 bits per heavy atom. The van der Waals surface area contributed by atoms with Crippen molar-refractivity contribution < 1.29 is 17.9 Å². The van der Waals surface area contributed by atoms with Crippen molar-refractivity contribution in [1.29, 1.82) is 0 Å². The van der Waals surface area contributed by atoms with E-state index >= 15 is 0 Å². The zero-order valence-corrected chi connectivity index (χ0v) is 16.0. The average molecular weight is 408 g/mol. The molecule has 154 valence electrons. The van der Waals surface area contributed by atoms with E-state index in [0.29, 0.717) is 17.9 Å². The molecule has 0 radical (unpaired) electrons. The lowest BCUT2D eigenvalue weighted by Crippen LogP contribution is -2.39. The van der Waals surface area contributed by atoms with E-state index in [1.54, 1.807) is 43.7 Å². The van der Waals surface area contributed by atoms with Gasteiger partial charge in [0.1, 0.15) is 11.6 Å². The third kappa shape index (κ3) is 3.96. The molecule has 2 aromatic heterocycles. The van der Waals surface area contributed by atoms with Gasteiger partial charge in [-0.3, -0.25) is 13.9 Å². The van der Waals surface area contributed by atoms with Crippen molar-refractivity contribution in [1.82, 2.24) is 18.7 Å². The quantitative estimate of drug-likeness (QED) is 0.651. The number of hydrogen-bond acceptors (Lipinski definition) is 4. The van der Waals surface area contributed by atoms with E-state index in [1.807, 2.05) is 0 Å². The lowest BCUT2D eigenvalue weighted by molar-refractivity contribution is -0.274. The largest absolute Gasteiger partial charge is 0.573 e. The Balaban J connectivity index is 2.07. The number of fused-ring (bicyclic) bond motifs is 1. The first-order chi connectivity index (χ1) is 13.7. The molecule has 0 bridgehead atoms. The van der Waals surface area contributed by atoms with Gasteiger partial charge in [-0.05, 0) is 37.6 Å². The normalized spacial score (nSPS) is 12.2. The zero-order chi connectivity index (χ0) is 21.3. The van der Waals surface area contributed by atoms with Gasteiger partial charge in [0.2, 0.25) is 0 Å². The van der Waals surface area contributed by atoms with Crippen LogP contribution in [0.15, 0.2) is 33.9 Å². The monoisotopic (exact) mass is 408 g/mol. The van der Waals surface area contributed by atoms with E-state index in [0.717, 1.165) is 4.57 Å². The number of aromatic nitrogens is 4. The van der Waals surface area contributed by atoms with Gasteiger partial charge in [0.15, 0.2) is 11.2 Å². The van der Waals surface area contributed by atoms with Gasteiger partial charge in [0.25, 0.3) is 5.56 Å². The number of aryl methyl sites for hydroxylation is 2. The summed E-state index contributed by atoms with van der Waals surface area (Å²) in [5, 5.41) is 0. The molecule has 0 unspecified atom stereocenters. The molecule has 0 aliphatic heterocycles. The first-order valence-electron chi connectivity index (χ1n) is 8.90. The van der Waals surface area contributed by atoms with Crippen LogP contribution < -0.4 is 16.0 Å². The summed E-state index contributed by atoms with van der Waals surface area (Å²) in [6, 6.07) is 5.48. The van der Waals surface area contributed by atoms with E-state index in [1.165, 1.54) is 22.8 Å². The van der Waals surface area contributed by atoms with Crippen molar-refractivity contribution in [2.75, 3.05) is 0 Å². The fourth-order valence-electron chi connectivity index (χ4n) is 3.08. The summed E-state index contributed by atoms with van der Waals surface area (Å²) in [6.45, 7) is 4.06. The van der Waals surface area contributed by atoms with Crippen LogP contribution in [0.4, 0.5) is 13.2 Å². The molecule has 0 atom stereocenters. The molecule has 0 saturated carbocycles. The van der Waals surface area contributed by atoms with Gasteiger partial charge in [-0.25, -0.2) is 9.78 Å². The van der Waals surface area contributed by atoms with Gasteiger partial charge in [-0.1, -0.05) is 18.2 Å². The minimum absolute atomic E-state index is 0.232. The van der Waals surface area contributed by atoms with Crippen LogP contribution in [-0.4, -0.2) is 25.0 Å². The van der Waals surface area contributed by atoms with Crippen LogP contribution in [0.2, 0.25) is 0 Å². The Morgan fingerprint density at radius 3 is 2.41 bits per heavy atom. The first-order valence-corrected chi connectivity index (χ1v) is 8.90. The predicted molar refractivity (Wildman–Crippen MR) is 103 cm³/mol. The van der Waals surface area contributed by atoms with Crippen LogP contribution in [0.25, 0.3) is 23.3 Å². The molecule has 0 fully saturated rings. The molecule has 0 aliphatic rings. The molecule has 0 aliphatic carbocycles. The fourth-order valence-corrected chi connectivity index (χ4v) is 3.08. The Hall–Kier alpha value is -3.30. The van der Waals surface area contributed by atoms with Crippen LogP contribution >= 0.6 is 0 Å². The maximum absolute atomic E-state index is 12.7. The van der Waals surface area contributed by atoms with Gasteiger partial charge < -0.3 is 9.30 Å². The molecule has 0 amide bonds. The van der Waals surface area contributed by atoms with Gasteiger partial charge in [-0.15, -0.1) is 13.2 Å². The lowest BCUT2D eigenvalue weighted by Gasteiger charge is -2.08. The highest BCUT2D eigenvalue weighted by molar-refractivity contribution is 5.76. The second-order valence-corrected chi connectivity index (χ2v) is 6.23. The summed E-state index contributed by atoms with van der Waals surface area (Å²) in [4.78, 5) is 29.5. The molecule has 7 nitrogen and oxygen atoms in total. The molecule has 1 aromatic carbocycles. The maximum atomic E-state index is 12.7. The summed E-state index contributed by atoms with van der Waals surface area (Å²) < 4.78 is 45.2. The van der Waals surface area contributed by atoms with E-state index in [-0.39, 0.29) is 23.5 Å². The topological polar surface area (TPSA) is 71.1 Å². The second-order valence-electron chi connectivity index (χ2n) is 6.23.